The predicted molar refractivity (Wildman–Crippen MR) is 71.6 cm³/mol. The second kappa shape index (κ2) is 5.64. The van der Waals surface area contributed by atoms with Gasteiger partial charge < -0.3 is 4.90 Å². The Kier molecular flexibility index (Phi) is 3.93. The molecule has 2 aromatic rings. The average molecular weight is 278 g/mol. The SMILES string of the molecule is CN(Cc1cccc(F)c1)c1cc(F)cc([N+](=O)[O-])c1. The molecule has 0 spiro atoms. The maximum Gasteiger partial charge on any atom is 0.274 e. The van der Waals surface area contributed by atoms with Crippen molar-refractivity contribution in [2.45, 2.75) is 6.54 Å². The van der Waals surface area contributed by atoms with E-state index in [2.05, 4.69) is 0 Å². The van der Waals surface area contributed by atoms with Crippen molar-refractivity contribution in [1.29, 1.82) is 0 Å². The van der Waals surface area contributed by atoms with E-state index < -0.39 is 10.7 Å². The molecule has 0 aliphatic heterocycles. The Hall–Kier alpha value is -2.50. The summed E-state index contributed by atoms with van der Waals surface area (Å²) in [4.78, 5) is 11.7. The number of anilines is 1. The van der Waals surface area contributed by atoms with Crippen molar-refractivity contribution < 1.29 is 13.7 Å². The molecule has 0 unspecified atom stereocenters. The van der Waals surface area contributed by atoms with Gasteiger partial charge in [0, 0.05) is 25.3 Å². The zero-order chi connectivity index (χ0) is 14.7. The van der Waals surface area contributed by atoms with Crippen molar-refractivity contribution in [3.63, 3.8) is 0 Å². The van der Waals surface area contributed by atoms with E-state index in [9.17, 15) is 18.9 Å². The van der Waals surface area contributed by atoms with Crippen LogP contribution >= 0.6 is 0 Å². The first kappa shape index (κ1) is 13.9. The van der Waals surface area contributed by atoms with Crippen LogP contribution in [0.3, 0.4) is 0 Å². The first-order valence-corrected chi connectivity index (χ1v) is 5.86. The van der Waals surface area contributed by atoms with E-state index >= 15 is 0 Å². The van der Waals surface area contributed by atoms with Gasteiger partial charge in [0.1, 0.15) is 11.6 Å². The van der Waals surface area contributed by atoms with Gasteiger partial charge in [0.2, 0.25) is 0 Å². The van der Waals surface area contributed by atoms with Crippen LogP contribution in [0.1, 0.15) is 5.56 Å². The lowest BCUT2D eigenvalue weighted by molar-refractivity contribution is -0.385. The first-order chi connectivity index (χ1) is 9.45. The molecular weight excluding hydrogens is 266 g/mol. The van der Waals surface area contributed by atoms with Gasteiger partial charge in [-0.2, -0.15) is 0 Å². The number of nitro benzene ring substituents is 1. The minimum atomic E-state index is -0.680. The molecule has 0 fully saturated rings. The Balaban J connectivity index is 2.25. The summed E-state index contributed by atoms with van der Waals surface area (Å²) in [7, 11) is 1.66. The lowest BCUT2D eigenvalue weighted by Crippen LogP contribution is -2.16. The van der Waals surface area contributed by atoms with Gasteiger partial charge in [-0.25, -0.2) is 8.78 Å². The number of benzene rings is 2. The van der Waals surface area contributed by atoms with Crippen LogP contribution < -0.4 is 4.90 Å². The van der Waals surface area contributed by atoms with Crippen molar-refractivity contribution in [3.05, 3.63) is 69.8 Å². The van der Waals surface area contributed by atoms with Gasteiger partial charge >= 0.3 is 0 Å². The zero-order valence-electron chi connectivity index (χ0n) is 10.7. The molecule has 0 heterocycles. The highest BCUT2D eigenvalue weighted by Crippen LogP contribution is 2.23. The van der Waals surface area contributed by atoms with Gasteiger partial charge in [-0.1, -0.05) is 12.1 Å². The summed E-state index contributed by atoms with van der Waals surface area (Å²) >= 11 is 0. The summed E-state index contributed by atoms with van der Waals surface area (Å²) in [6.45, 7) is 0.318. The van der Waals surface area contributed by atoms with Crippen molar-refractivity contribution in [2.75, 3.05) is 11.9 Å². The highest BCUT2D eigenvalue weighted by Gasteiger charge is 2.12. The molecule has 0 atom stereocenters. The molecule has 104 valence electrons. The first-order valence-electron chi connectivity index (χ1n) is 5.86. The molecule has 0 N–H and O–H groups in total. The van der Waals surface area contributed by atoms with Gasteiger partial charge in [-0.05, 0) is 23.8 Å². The maximum atomic E-state index is 13.4. The van der Waals surface area contributed by atoms with Crippen LogP contribution in [0.4, 0.5) is 20.2 Å². The van der Waals surface area contributed by atoms with Crippen LogP contribution in [-0.4, -0.2) is 12.0 Å². The highest BCUT2D eigenvalue weighted by molar-refractivity contribution is 5.53. The van der Waals surface area contributed by atoms with E-state index in [1.165, 1.54) is 24.3 Å². The average Bonchev–Trinajstić information content (AvgIpc) is 2.37. The fourth-order valence-corrected chi connectivity index (χ4v) is 1.89. The van der Waals surface area contributed by atoms with Crippen LogP contribution in [0, 0.1) is 21.7 Å². The monoisotopic (exact) mass is 278 g/mol. The fourth-order valence-electron chi connectivity index (χ4n) is 1.89. The van der Waals surface area contributed by atoms with E-state index in [1.54, 1.807) is 24.1 Å². The molecule has 0 saturated heterocycles. The van der Waals surface area contributed by atoms with Crippen molar-refractivity contribution >= 4 is 11.4 Å². The minimum absolute atomic E-state index is 0.314. The Morgan fingerprint density at radius 2 is 1.90 bits per heavy atom. The quantitative estimate of drug-likeness (QED) is 0.635. The predicted octanol–water partition coefficient (Wildman–Crippen LogP) is 3.51. The normalized spacial score (nSPS) is 10.3. The van der Waals surface area contributed by atoms with E-state index in [-0.39, 0.29) is 11.5 Å². The molecule has 4 nitrogen and oxygen atoms in total. The summed E-state index contributed by atoms with van der Waals surface area (Å²) < 4.78 is 26.4. The third kappa shape index (κ3) is 3.28. The van der Waals surface area contributed by atoms with Gasteiger partial charge in [0.05, 0.1) is 11.0 Å². The van der Waals surface area contributed by atoms with Crippen molar-refractivity contribution in [1.82, 2.24) is 0 Å². The molecule has 0 aromatic heterocycles. The standard InChI is InChI=1S/C14H12F2N2O2/c1-17(9-10-3-2-4-11(15)5-10)13-6-12(16)7-14(8-13)18(19)20/h2-8H,9H2,1H3. The van der Waals surface area contributed by atoms with Crippen LogP contribution in [0.5, 0.6) is 0 Å². The smallest absolute Gasteiger partial charge is 0.274 e. The van der Waals surface area contributed by atoms with Gasteiger partial charge in [0.25, 0.3) is 5.69 Å². The molecule has 6 heteroatoms. The molecule has 0 saturated carbocycles. The highest BCUT2D eigenvalue weighted by atomic mass is 19.1. The van der Waals surface area contributed by atoms with Gasteiger partial charge in [0.15, 0.2) is 0 Å². The molecule has 2 rings (SSSR count). The van der Waals surface area contributed by atoms with E-state index in [0.29, 0.717) is 17.8 Å². The number of non-ortho nitro benzene ring substituents is 1. The Bertz CT molecular complexity index is 647. The third-order valence-electron chi connectivity index (χ3n) is 2.83. The summed E-state index contributed by atoms with van der Waals surface area (Å²) in [5.74, 6) is -1.04. The number of hydrogen-bond acceptors (Lipinski definition) is 3. The molecule has 20 heavy (non-hydrogen) atoms. The Morgan fingerprint density at radius 3 is 2.55 bits per heavy atom. The van der Waals surface area contributed by atoms with E-state index in [0.717, 1.165) is 6.07 Å². The van der Waals surface area contributed by atoms with Gasteiger partial charge in [-0.3, -0.25) is 10.1 Å². The molecule has 2 aromatic carbocycles. The fraction of sp³-hybridized carbons (Fsp3) is 0.143. The Morgan fingerprint density at radius 1 is 1.15 bits per heavy atom. The lowest BCUT2D eigenvalue weighted by Gasteiger charge is -2.19. The van der Waals surface area contributed by atoms with Crippen LogP contribution in [0.2, 0.25) is 0 Å². The summed E-state index contributed by atoms with van der Waals surface area (Å²) in [5.41, 5.74) is 0.742. The second-order valence-electron chi connectivity index (χ2n) is 4.41. The second-order valence-corrected chi connectivity index (χ2v) is 4.41. The van der Waals surface area contributed by atoms with Crippen LogP contribution in [-0.2, 0) is 6.54 Å². The van der Waals surface area contributed by atoms with E-state index in [1.807, 2.05) is 0 Å². The number of nitro groups is 1. The minimum Gasteiger partial charge on any atom is -0.370 e. The van der Waals surface area contributed by atoms with Crippen molar-refractivity contribution in [2.24, 2.45) is 0 Å². The molecule has 0 aliphatic carbocycles. The molecule has 0 aliphatic rings. The summed E-state index contributed by atoms with van der Waals surface area (Å²) in [5, 5.41) is 10.7. The van der Waals surface area contributed by atoms with Gasteiger partial charge in [-0.15, -0.1) is 0 Å². The number of hydrogen-bond donors (Lipinski definition) is 0. The largest absolute Gasteiger partial charge is 0.370 e. The summed E-state index contributed by atoms with van der Waals surface area (Å²) in [6, 6.07) is 9.34. The van der Waals surface area contributed by atoms with E-state index in [4.69, 9.17) is 0 Å². The van der Waals surface area contributed by atoms with Crippen LogP contribution in [0.25, 0.3) is 0 Å². The topological polar surface area (TPSA) is 46.4 Å². The van der Waals surface area contributed by atoms with Crippen molar-refractivity contribution in [3.8, 4) is 0 Å². The zero-order valence-corrected chi connectivity index (χ0v) is 10.7. The molecule has 0 radical (unpaired) electrons. The third-order valence-corrected chi connectivity index (χ3v) is 2.83. The summed E-state index contributed by atoms with van der Waals surface area (Å²) in [6.07, 6.45) is 0. The Labute approximate surface area is 114 Å². The number of nitrogens with zero attached hydrogens (tertiary/aromatic N) is 2. The molecule has 0 bridgehead atoms. The molecular formula is C14H12F2N2O2. The maximum absolute atomic E-state index is 13.4. The lowest BCUT2D eigenvalue weighted by atomic mass is 10.2. The molecule has 0 amide bonds. The number of halogens is 2. The van der Waals surface area contributed by atoms with Crippen LogP contribution in [0.15, 0.2) is 42.5 Å². The number of rotatable bonds is 4.